The minimum Gasteiger partial charge on any atom is -0.398 e. The number of hydrogen-bond acceptors (Lipinski definition) is 4. The van der Waals surface area contributed by atoms with Crippen LogP contribution in [0.4, 0.5) is 5.69 Å². The van der Waals surface area contributed by atoms with Crippen LogP contribution in [0, 0.1) is 6.92 Å². The Labute approximate surface area is 101 Å². The third-order valence-corrected chi connectivity index (χ3v) is 3.29. The number of nitrogens with one attached hydrogen (secondary N) is 2. The number of aromatic nitrogens is 2. The second-order valence-corrected chi connectivity index (χ2v) is 4.66. The molecule has 1 aromatic heterocycles. The Balaban J connectivity index is 2.38. The van der Waals surface area contributed by atoms with Gasteiger partial charge in [-0.2, -0.15) is 0 Å². The number of aromatic amines is 2. The highest BCUT2D eigenvalue weighted by Crippen LogP contribution is 2.29. The topological polar surface area (TPSA) is 91.7 Å². The third-order valence-electron chi connectivity index (χ3n) is 2.17. The highest BCUT2D eigenvalue weighted by Gasteiger charge is 2.06. The zero-order valence-electron chi connectivity index (χ0n) is 9.11. The van der Waals surface area contributed by atoms with Crippen LogP contribution in [0.25, 0.3) is 0 Å². The van der Waals surface area contributed by atoms with Crippen molar-refractivity contribution >= 4 is 17.4 Å². The first kappa shape index (κ1) is 11.5. The summed E-state index contributed by atoms with van der Waals surface area (Å²) in [4.78, 5) is 28.1. The molecule has 0 saturated carbocycles. The fraction of sp³-hybridized carbons (Fsp3) is 0.0909. The average Bonchev–Trinajstić information content (AvgIpc) is 2.25. The van der Waals surface area contributed by atoms with Crippen molar-refractivity contribution in [2.45, 2.75) is 16.7 Å². The van der Waals surface area contributed by atoms with Gasteiger partial charge in [-0.15, -0.1) is 0 Å². The molecule has 0 aliphatic carbocycles. The molecule has 6 heteroatoms. The largest absolute Gasteiger partial charge is 0.398 e. The summed E-state index contributed by atoms with van der Waals surface area (Å²) in [5, 5.41) is 0. The maximum absolute atomic E-state index is 11.5. The van der Waals surface area contributed by atoms with Gasteiger partial charge in [-0.25, -0.2) is 4.79 Å². The molecular weight excluding hydrogens is 238 g/mol. The lowest BCUT2D eigenvalue weighted by molar-refractivity contribution is 0.976. The molecule has 0 amide bonds. The van der Waals surface area contributed by atoms with Gasteiger partial charge in [0, 0.05) is 16.8 Å². The van der Waals surface area contributed by atoms with Crippen molar-refractivity contribution in [3.05, 3.63) is 50.8 Å². The predicted molar refractivity (Wildman–Crippen MR) is 67.4 cm³/mol. The predicted octanol–water partition coefficient (Wildman–Crippen LogP) is 1.11. The van der Waals surface area contributed by atoms with Crippen LogP contribution in [-0.4, -0.2) is 9.97 Å². The summed E-state index contributed by atoms with van der Waals surface area (Å²) in [6.45, 7) is 1.94. The van der Waals surface area contributed by atoms with E-state index in [0.717, 1.165) is 10.5 Å². The molecule has 0 saturated heterocycles. The molecule has 0 spiro atoms. The van der Waals surface area contributed by atoms with Crippen molar-refractivity contribution in [3.8, 4) is 0 Å². The normalized spacial score (nSPS) is 10.4. The second kappa shape index (κ2) is 4.50. The Hall–Kier alpha value is -1.95. The van der Waals surface area contributed by atoms with E-state index in [0.29, 0.717) is 10.6 Å². The van der Waals surface area contributed by atoms with E-state index in [1.807, 2.05) is 25.1 Å². The summed E-state index contributed by atoms with van der Waals surface area (Å²) >= 11 is 1.22. The Bertz CT molecular complexity index is 660. The van der Waals surface area contributed by atoms with Gasteiger partial charge in [-0.3, -0.25) is 9.78 Å². The van der Waals surface area contributed by atoms with E-state index >= 15 is 0 Å². The van der Waals surface area contributed by atoms with E-state index in [1.54, 1.807) is 0 Å². The van der Waals surface area contributed by atoms with Crippen LogP contribution in [0.15, 0.2) is 43.8 Å². The number of nitrogens with two attached hydrogens (primary N) is 1. The summed E-state index contributed by atoms with van der Waals surface area (Å²) in [7, 11) is 0. The standard InChI is InChI=1S/C11H11N3O2S/c1-6-2-3-8(7(12)4-6)17-9-5-13-11(16)14-10(9)15/h2-5H,12H2,1H3,(H2,13,14,15,16). The molecule has 0 atom stereocenters. The van der Waals surface area contributed by atoms with Gasteiger partial charge in [0.15, 0.2) is 0 Å². The molecule has 88 valence electrons. The second-order valence-electron chi connectivity index (χ2n) is 3.58. The molecule has 0 radical (unpaired) electrons. The van der Waals surface area contributed by atoms with Gasteiger partial charge in [0.25, 0.3) is 5.56 Å². The maximum Gasteiger partial charge on any atom is 0.325 e. The van der Waals surface area contributed by atoms with E-state index < -0.39 is 11.2 Å². The van der Waals surface area contributed by atoms with Crippen molar-refractivity contribution in [2.75, 3.05) is 5.73 Å². The minimum atomic E-state index is -0.517. The number of H-pyrrole nitrogens is 2. The van der Waals surface area contributed by atoms with E-state index in [-0.39, 0.29) is 0 Å². The van der Waals surface area contributed by atoms with Crippen molar-refractivity contribution < 1.29 is 0 Å². The van der Waals surface area contributed by atoms with E-state index in [1.165, 1.54) is 18.0 Å². The number of benzene rings is 1. The van der Waals surface area contributed by atoms with Crippen LogP contribution in [0.5, 0.6) is 0 Å². The number of nitrogen functional groups attached to an aromatic ring is 1. The quantitative estimate of drug-likeness (QED) is 0.695. The lowest BCUT2D eigenvalue weighted by atomic mass is 10.2. The van der Waals surface area contributed by atoms with Gasteiger partial charge in [-0.05, 0) is 24.6 Å². The smallest absolute Gasteiger partial charge is 0.325 e. The molecule has 1 aromatic carbocycles. The zero-order valence-corrected chi connectivity index (χ0v) is 9.93. The Kier molecular flexibility index (Phi) is 3.06. The molecule has 0 fully saturated rings. The first-order valence-electron chi connectivity index (χ1n) is 4.92. The maximum atomic E-state index is 11.5. The molecule has 0 aliphatic heterocycles. The van der Waals surface area contributed by atoms with Crippen LogP contribution in [0.3, 0.4) is 0 Å². The molecule has 0 unspecified atom stereocenters. The zero-order chi connectivity index (χ0) is 12.4. The van der Waals surface area contributed by atoms with Crippen molar-refractivity contribution in [2.24, 2.45) is 0 Å². The third kappa shape index (κ3) is 2.59. The van der Waals surface area contributed by atoms with Gasteiger partial charge in [0.05, 0.1) is 4.90 Å². The first-order valence-corrected chi connectivity index (χ1v) is 5.74. The fourth-order valence-corrected chi connectivity index (χ4v) is 2.16. The minimum absolute atomic E-state index is 0.403. The van der Waals surface area contributed by atoms with Crippen LogP contribution in [0.2, 0.25) is 0 Å². The molecule has 0 aliphatic rings. The van der Waals surface area contributed by atoms with Crippen LogP contribution in [0.1, 0.15) is 5.56 Å². The SMILES string of the molecule is Cc1ccc(Sc2c[nH]c(=O)[nH]c2=O)c(N)c1. The highest BCUT2D eigenvalue weighted by atomic mass is 32.2. The Morgan fingerprint density at radius 3 is 2.65 bits per heavy atom. The van der Waals surface area contributed by atoms with Crippen molar-refractivity contribution in [1.29, 1.82) is 0 Å². The summed E-state index contributed by atoms with van der Waals surface area (Å²) in [6, 6.07) is 5.60. The van der Waals surface area contributed by atoms with E-state index in [2.05, 4.69) is 9.97 Å². The van der Waals surface area contributed by atoms with Gasteiger partial charge in [-0.1, -0.05) is 17.8 Å². The van der Waals surface area contributed by atoms with Crippen LogP contribution in [-0.2, 0) is 0 Å². The molecule has 2 rings (SSSR count). The number of anilines is 1. The van der Waals surface area contributed by atoms with E-state index in [4.69, 9.17) is 5.73 Å². The van der Waals surface area contributed by atoms with Crippen molar-refractivity contribution in [3.63, 3.8) is 0 Å². The fourth-order valence-electron chi connectivity index (χ4n) is 1.35. The summed E-state index contributed by atoms with van der Waals surface area (Å²) in [5.41, 5.74) is 6.58. The Morgan fingerprint density at radius 1 is 1.24 bits per heavy atom. The molecule has 17 heavy (non-hydrogen) atoms. The number of aryl methyl sites for hydroxylation is 1. The molecule has 4 N–H and O–H groups in total. The summed E-state index contributed by atoms with van der Waals surface area (Å²) in [5.74, 6) is 0. The molecule has 2 aromatic rings. The molecule has 0 bridgehead atoms. The number of hydrogen-bond donors (Lipinski definition) is 3. The van der Waals surface area contributed by atoms with Gasteiger partial charge in [0.2, 0.25) is 0 Å². The van der Waals surface area contributed by atoms with Crippen molar-refractivity contribution in [1.82, 2.24) is 9.97 Å². The highest BCUT2D eigenvalue weighted by molar-refractivity contribution is 7.99. The lowest BCUT2D eigenvalue weighted by Crippen LogP contribution is -2.22. The molecular formula is C11H11N3O2S. The summed E-state index contributed by atoms with van der Waals surface area (Å²) < 4.78 is 0. The van der Waals surface area contributed by atoms with Gasteiger partial charge >= 0.3 is 5.69 Å². The average molecular weight is 249 g/mol. The van der Waals surface area contributed by atoms with Gasteiger partial charge < -0.3 is 10.7 Å². The van der Waals surface area contributed by atoms with E-state index in [9.17, 15) is 9.59 Å². The molecule has 1 heterocycles. The lowest BCUT2D eigenvalue weighted by Gasteiger charge is -2.05. The molecule has 5 nitrogen and oxygen atoms in total. The monoisotopic (exact) mass is 249 g/mol. The van der Waals surface area contributed by atoms with Gasteiger partial charge in [0.1, 0.15) is 0 Å². The Morgan fingerprint density at radius 2 is 2.00 bits per heavy atom. The summed E-state index contributed by atoms with van der Waals surface area (Å²) in [6.07, 6.45) is 1.38. The van der Waals surface area contributed by atoms with Crippen LogP contribution >= 0.6 is 11.8 Å². The first-order chi connectivity index (χ1) is 8.06. The number of rotatable bonds is 2. The van der Waals surface area contributed by atoms with Crippen LogP contribution < -0.4 is 17.0 Å².